The minimum atomic E-state index is -0.540. The molecule has 0 aliphatic carbocycles. The Balaban J connectivity index is 2.69. The van der Waals surface area contributed by atoms with Gasteiger partial charge >= 0.3 is 6.09 Å². The van der Waals surface area contributed by atoms with E-state index >= 15 is 0 Å². The van der Waals surface area contributed by atoms with Gasteiger partial charge in [-0.1, -0.05) is 0 Å². The molecule has 0 bridgehead atoms. The van der Waals surface area contributed by atoms with Crippen molar-refractivity contribution in [1.82, 2.24) is 10.3 Å². The maximum absolute atomic E-state index is 11.7. The van der Waals surface area contributed by atoms with E-state index in [4.69, 9.17) is 9.47 Å². The van der Waals surface area contributed by atoms with Gasteiger partial charge in [0.15, 0.2) is 0 Å². The molecule has 0 aromatic carbocycles. The van der Waals surface area contributed by atoms with Gasteiger partial charge in [0.25, 0.3) is 0 Å². The van der Waals surface area contributed by atoms with E-state index in [1.165, 1.54) is 0 Å². The van der Waals surface area contributed by atoms with Crippen molar-refractivity contribution >= 4 is 6.09 Å². The fourth-order valence-corrected chi connectivity index (χ4v) is 2.29. The van der Waals surface area contributed by atoms with Gasteiger partial charge in [-0.05, 0) is 41.0 Å². The summed E-state index contributed by atoms with van der Waals surface area (Å²) in [5.74, 6) is 0.674. The number of nitrogens with one attached hydrogen (secondary N) is 1. The average molecular weight is 324 g/mol. The number of methoxy groups -OCH3 is 1. The fourth-order valence-electron chi connectivity index (χ4n) is 2.29. The van der Waals surface area contributed by atoms with Gasteiger partial charge in [-0.3, -0.25) is 4.98 Å². The number of carbonyl (C=O) groups excluding carboxylic acids is 1. The molecule has 130 valence electrons. The van der Waals surface area contributed by atoms with Gasteiger partial charge in [-0.25, -0.2) is 4.79 Å². The van der Waals surface area contributed by atoms with Crippen LogP contribution in [0.15, 0.2) is 6.20 Å². The first kappa shape index (κ1) is 19.2. The highest BCUT2D eigenvalue weighted by molar-refractivity contribution is 5.67. The van der Waals surface area contributed by atoms with E-state index in [9.17, 15) is 9.90 Å². The Morgan fingerprint density at radius 1 is 1.39 bits per heavy atom. The van der Waals surface area contributed by atoms with Crippen molar-refractivity contribution in [2.24, 2.45) is 5.92 Å². The second-order valence-electron chi connectivity index (χ2n) is 6.68. The number of alkyl carbamates (subject to hydrolysis) is 1. The average Bonchev–Trinajstić information content (AvgIpc) is 2.44. The fraction of sp³-hybridized carbons (Fsp3) is 0.647. The molecule has 6 nitrogen and oxygen atoms in total. The van der Waals surface area contributed by atoms with E-state index in [1.54, 1.807) is 13.3 Å². The molecular weight excluding hydrogens is 296 g/mol. The summed E-state index contributed by atoms with van der Waals surface area (Å²) in [7, 11) is 1.63. The van der Waals surface area contributed by atoms with Gasteiger partial charge in [0.2, 0.25) is 0 Å². The van der Waals surface area contributed by atoms with Gasteiger partial charge in [0.05, 0.1) is 7.11 Å². The van der Waals surface area contributed by atoms with Crippen molar-refractivity contribution in [2.75, 3.05) is 20.3 Å². The number of aliphatic hydroxyl groups is 1. The summed E-state index contributed by atoms with van der Waals surface area (Å²) in [6.07, 6.45) is 1.83. The van der Waals surface area contributed by atoms with Crippen LogP contribution in [0.1, 0.15) is 37.6 Å². The second kappa shape index (κ2) is 8.15. The van der Waals surface area contributed by atoms with Crippen LogP contribution in [0.25, 0.3) is 0 Å². The number of aromatic nitrogens is 1. The Kier molecular flexibility index (Phi) is 6.81. The standard InChI is InChI=1S/C17H28N2O4/c1-11-8-18-14(12(2)15(11)22-6)7-13(10-20)9-19-16(21)23-17(3,4)5/h8,13,20H,7,9-10H2,1-6H3,(H,19,21). The summed E-state index contributed by atoms with van der Waals surface area (Å²) in [5, 5.41) is 12.2. The van der Waals surface area contributed by atoms with Gasteiger partial charge in [0.1, 0.15) is 11.4 Å². The molecule has 0 spiro atoms. The Morgan fingerprint density at radius 2 is 2.04 bits per heavy atom. The molecule has 1 rings (SSSR count). The third kappa shape index (κ3) is 6.06. The van der Waals surface area contributed by atoms with Crippen LogP contribution in [-0.4, -0.2) is 42.0 Å². The number of rotatable bonds is 6. The number of nitrogens with zero attached hydrogens (tertiary/aromatic N) is 1. The van der Waals surface area contributed by atoms with Gasteiger partial charge in [-0.15, -0.1) is 0 Å². The Morgan fingerprint density at radius 3 is 2.57 bits per heavy atom. The number of aliphatic hydroxyl groups excluding tert-OH is 1. The quantitative estimate of drug-likeness (QED) is 0.840. The molecule has 0 saturated heterocycles. The number of ether oxygens (including phenoxy) is 2. The molecular formula is C17H28N2O4. The van der Waals surface area contributed by atoms with E-state index in [2.05, 4.69) is 10.3 Å². The monoisotopic (exact) mass is 324 g/mol. The Hall–Kier alpha value is -1.82. The zero-order valence-corrected chi connectivity index (χ0v) is 14.9. The largest absolute Gasteiger partial charge is 0.496 e. The van der Waals surface area contributed by atoms with Crippen molar-refractivity contribution in [1.29, 1.82) is 0 Å². The molecule has 0 radical (unpaired) electrons. The number of pyridine rings is 1. The molecule has 2 N–H and O–H groups in total. The van der Waals surface area contributed by atoms with Crippen LogP contribution in [0.3, 0.4) is 0 Å². The number of carbonyl (C=O) groups is 1. The minimum Gasteiger partial charge on any atom is -0.496 e. The zero-order chi connectivity index (χ0) is 17.6. The lowest BCUT2D eigenvalue weighted by Gasteiger charge is -2.21. The van der Waals surface area contributed by atoms with Crippen LogP contribution >= 0.6 is 0 Å². The lowest BCUT2D eigenvalue weighted by Crippen LogP contribution is -2.36. The van der Waals surface area contributed by atoms with Crippen molar-refractivity contribution in [2.45, 2.75) is 46.6 Å². The van der Waals surface area contributed by atoms with Crippen LogP contribution in [-0.2, 0) is 11.2 Å². The Bertz CT molecular complexity index is 538. The normalized spacial score (nSPS) is 12.7. The minimum absolute atomic E-state index is 0.0485. The molecule has 1 amide bonds. The third-order valence-electron chi connectivity index (χ3n) is 3.42. The van der Waals surface area contributed by atoms with Crippen LogP contribution < -0.4 is 10.1 Å². The first-order chi connectivity index (χ1) is 10.7. The maximum Gasteiger partial charge on any atom is 0.407 e. The summed E-state index contributed by atoms with van der Waals surface area (Å²) in [4.78, 5) is 16.1. The highest BCUT2D eigenvalue weighted by Gasteiger charge is 2.19. The zero-order valence-electron chi connectivity index (χ0n) is 14.9. The van der Waals surface area contributed by atoms with E-state index < -0.39 is 11.7 Å². The van der Waals surface area contributed by atoms with E-state index in [-0.39, 0.29) is 12.5 Å². The number of amides is 1. The first-order valence-electron chi connectivity index (χ1n) is 7.74. The van der Waals surface area contributed by atoms with E-state index in [0.717, 1.165) is 22.6 Å². The lowest BCUT2D eigenvalue weighted by atomic mass is 9.99. The smallest absolute Gasteiger partial charge is 0.407 e. The molecule has 1 atom stereocenters. The molecule has 0 saturated carbocycles. The number of aryl methyl sites for hydroxylation is 1. The topological polar surface area (TPSA) is 80.7 Å². The highest BCUT2D eigenvalue weighted by Crippen LogP contribution is 2.25. The highest BCUT2D eigenvalue weighted by atomic mass is 16.6. The van der Waals surface area contributed by atoms with E-state index in [0.29, 0.717) is 13.0 Å². The molecule has 0 fully saturated rings. The Labute approximate surface area is 138 Å². The van der Waals surface area contributed by atoms with Crippen molar-refractivity contribution in [3.63, 3.8) is 0 Å². The molecule has 0 aliphatic rings. The predicted molar refractivity (Wildman–Crippen MR) is 88.8 cm³/mol. The predicted octanol–water partition coefficient (Wildman–Crippen LogP) is 2.38. The number of hydrogen-bond donors (Lipinski definition) is 2. The van der Waals surface area contributed by atoms with Crippen LogP contribution in [0, 0.1) is 19.8 Å². The summed E-state index contributed by atoms with van der Waals surface area (Å²) < 4.78 is 10.6. The second-order valence-corrected chi connectivity index (χ2v) is 6.68. The van der Waals surface area contributed by atoms with E-state index in [1.807, 2.05) is 34.6 Å². The van der Waals surface area contributed by atoms with Crippen LogP contribution in [0.4, 0.5) is 4.79 Å². The molecule has 1 unspecified atom stereocenters. The van der Waals surface area contributed by atoms with Gasteiger partial charge in [0, 0.05) is 42.1 Å². The maximum atomic E-state index is 11.7. The summed E-state index contributed by atoms with van der Waals surface area (Å²) >= 11 is 0. The third-order valence-corrected chi connectivity index (χ3v) is 3.42. The molecule has 1 heterocycles. The van der Waals surface area contributed by atoms with Crippen molar-refractivity contribution in [3.05, 3.63) is 23.0 Å². The first-order valence-corrected chi connectivity index (χ1v) is 7.74. The van der Waals surface area contributed by atoms with Crippen LogP contribution in [0.5, 0.6) is 5.75 Å². The molecule has 1 aromatic rings. The summed E-state index contributed by atoms with van der Waals surface area (Å²) in [6, 6.07) is 0. The van der Waals surface area contributed by atoms with Gasteiger partial charge in [-0.2, -0.15) is 0 Å². The molecule has 23 heavy (non-hydrogen) atoms. The van der Waals surface area contributed by atoms with Crippen molar-refractivity contribution in [3.8, 4) is 5.75 Å². The lowest BCUT2D eigenvalue weighted by molar-refractivity contribution is 0.0512. The van der Waals surface area contributed by atoms with Crippen molar-refractivity contribution < 1.29 is 19.4 Å². The molecule has 6 heteroatoms. The molecule has 1 aromatic heterocycles. The molecule has 0 aliphatic heterocycles. The SMILES string of the molecule is COc1c(C)cnc(CC(CO)CNC(=O)OC(C)(C)C)c1C. The summed E-state index contributed by atoms with van der Waals surface area (Å²) in [5.41, 5.74) is 2.25. The summed E-state index contributed by atoms with van der Waals surface area (Å²) in [6.45, 7) is 9.59. The van der Waals surface area contributed by atoms with Crippen LogP contribution in [0.2, 0.25) is 0 Å². The van der Waals surface area contributed by atoms with Gasteiger partial charge < -0.3 is 19.9 Å². The number of hydrogen-bond acceptors (Lipinski definition) is 5.